The van der Waals surface area contributed by atoms with Crippen LogP contribution in [0.5, 0.6) is 11.5 Å². The number of fused-ring (bicyclic) bond motifs is 2. The van der Waals surface area contributed by atoms with E-state index in [1.54, 1.807) is 0 Å². The topological polar surface area (TPSA) is 76.8 Å². The fourth-order valence-corrected chi connectivity index (χ4v) is 3.81. The van der Waals surface area contributed by atoms with E-state index in [2.05, 4.69) is 15.2 Å². The van der Waals surface area contributed by atoms with Gasteiger partial charge in [0.15, 0.2) is 17.1 Å². The Morgan fingerprint density at radius 2 is 1.83 bits per heavy atom. The van der Waals surface area contributed by atoms with Crippen LogP contribution in [0.1, 0.15) is 19.3 Å². The van der Waals surface area contributed by atoms with Crippen molar-refractivity contribution in [2.75, 3.05) is 36.5 Å². The zero-order valence-corrected chi connectivity index (χ0v) is 16.1. The largest absolute Gasteiger partial charge is 0.490 e. The highest BCUT2D eigenvalue weighted by Crippen LogP contribution is 2.33. The number of nitrogens with zero attached hydrogens (tertiary/aromatic N) is 2. The number of hydrogen-bond donors (Lipinski definition) is 1. The summed E-state index contributed by atoms with van der Waals surface area (Å²) in [5.41, 5.74) is 2.38. The molecule has 0 bridgehead atoms. The van der Waals surface area contributed by atoms with Crippen LogP contribution in [0.25, 0.3) is 11.1 Å². The van der Waals surface area contributed by atoms with E-state index >= 15 is 0 Å². The SMILES string of the molecule is O=C(Nc1ccc2c(c1)OCCCO2)C1CCN(c2nc3ccccc3o2)CC1. The van der Waals surface area contributed by atoms with E-state index in [-0.39, 0.29) is 11.8 Å². The lowest BCUT2D eigenvalue weighted by Crippen LogP contribution is -2.38. The van der Waals surface area contributed by atoms with E-state index in [1.807, 2.05) is 42.5 Å². The molecule has 1 amide bonds. The van der Waals surface area contributed by atoms with Gasteiger partial charge < -0.3 is 24.1 Å². The first-order valence-corrected chi connectivity index (χ1v) is 10.1. The average Bonchev–Trinajstić information content (AvgIpc) is 3.05. The van der Waals surface area contributed by atoms with Gasteiger partial charge in [-0.2, -0.15) is 4.98 Å². The zero-order chi connectivity index (χ0) is 19.6. The van der Waals surface area contributed by atoms with E-state index in [9.17, 15) is 4.79 Å². The van der Waals surface area contributed by atoms with Gasteiger partial charge in [0, 0.05) is 37.2 Å². The number of para-hydroxylation sites is 2. The monoisotopic (exact) mass is 393 g/mol. The maximum Gasteiger partial charge on any atom is 0.298 e. The number of piperidine rings is 1. The number of amides is 1. The Morgan fingerprint density at radius 1 is 1.03 bits per heavy atom. The molecule has 2 aliphatic rings. The maximum absolute atomic E-state index is 12.7. The van der Waals surface area contributed by atoms with Crippen molar-refractivity contribution < 1.29 is 18.7 Å². The van der Waals surface area contributed by atoms with Crippen LogP contribution >= 0.6 is 0 Å². The van der Waals surface area contributed by atoms with Crippen LogP contribution in [0.4, 0.5) is 11.7 Å². The Morgan fingerprint density at radius 3 is 2.66 bits per heavy atom. The number of ether oxygens (including phenoxy) is 2. The normalized spacial score (nSPS) is 17.2. The molecule has 1 aromatic heterocycles. The van der Waals surface area contributed by atoms with Gasteiger partial charge >= 0.3 is 0 Å². The molecule has 7 heteroatoms. The predicted molar refractivity (Wildman–Crippen MR) is 110 cm³/mol. The molecule has 0 atom stereocenters. The first-order valence-electron chi connectivity index (χ1n) is 10.1. The van der Waals surface area contributed by atoms with Gasteiger partial charge in [-0.25, -0.2) is 0 Å². The molecular formula is C22H23N3O4. The molecule has 3 aromatic rings. The molecule has 5 rings (SSSR count). The molecule has 1 N–H and O–H groups in total. The molecule has 2 aromatic carbocycles. The second-order valence-corrected chi connectivity index (χ2v) is 7.43. The van der Waals surface area contributed by atoms with Crippen molar-refractivity contribution in [2.45, 2.75) is 19.3 Å². The van der Waals surface area contributed by atoms with Crippen LogP contribution in [0.2, 0.25) is 0 Å². The van der Waals surface area contributed by atoms with Gasteiger partial charge in [0.2, 0.25) is 5.91 Å². The summed E-state index contributed by atoms with van der Waals surface area (Å²) in [5, 5.41) is 3.03. The first-order chi connectivity index (χ1) is 14.3. The van der Waals surface area contributed by atoms with E-state index in [4.69, 9.17) is 13.9 Å². The minimum Gasteiger partial charge on any atom is -0.490 e. The van der Waals surface area contributed by atoms with E-state index < -0.39 is 0 Å². The number of benzene rings is 2. The van der Waals surface area contributed by atoms with Crippen LogP contribution in [-0.2, 0) is 4.79 Å². The second kappa shape index (κ2) is 7.66. The van der Waals surface area contributed by atoms with Crippen molar-refractivity contribution in [1.29, 1.82) is 0 Å². The summed E-state index contributed by atoms with van der Waals surface area (Å²) in [6.45, 7) is 2.76. The van der Waals surface area contributed by atoms with Gasteiger partial charge in [0.1, 0.15) is 5.52 Å². The summed E-state index contributed by atoms with van der Waals surface area (Å²) in [4.78, 5) is 19.4. The summed E-state index contributed by atoms with van der Waals surface area (Å²) < 4.78 is 17.2. The number of carbonyl (C=O) groups is 1. The van der Waals surface area contributed by atoms with Gasteiger partial charge in [0.05, 0.1) is 13.2 Å². The molecule has 0 radical (unpaired) electrons. The summed E-state index contributed by atoms with van der Waals surface area (Å²) in [5.74, 6) is 1.42. The first kappa shape index (κ1) is 17.8. The molecule has 0 aliphatic carbocycles. The van der Waals surface area contributed by atoms with E-state index in [0.29, 0.717) is 25.0 Å². The predicted octanol–water partition coefficient (Wildman–Crippen LogP) is 3.84. The molecule has 1 fully saturated rings. The van der Waals surface area contributed by atoms with Gasteiger partial charge in [-0.15, -0.1) is 0 Å². The number of anilines is 2. The molecule has 0 saturated carbocycles. The third-order valence-corrected chi connectivity index (χ3v) is 5.43. The minimum atomic E-state index is -0.0355. The number of rotatable bonds is 3. The zero-order valence-electron chi connectivity index (χ0n) is 16.1. The van der Waals surface area contributed by atoms with Crippen molar-refractivity contribution >= 4 is 28.7 Å². The highest BCUT2D eigenvalue weighted by atomic mass is 16.5. The fraction of sp³-hybridized carbons (Fsp3) is 0.364. The third-order valence-electron chi connectivity index (χ3n) is 5.43. The molecule has 7 nitrogen and oxygen atoms in total. The van der Waals surface area contributed by atoms with Crippen molar-refractivity contribution in [2.24, 2.45) is 5.92 Å². The van der Waals surface area contributed by atoms with Crippen molar-refractivity contribution in [3.8, 4) is 11.5 Å². The number of hydrogen-bond acceptors (Lipinski definition) is 6. The van der Waals surface area contributed by atoms with Crippen molar-refractivity contribution in [3.05, 3.63) is 42.5 Å². The summed E-state index contributed by atoms with van der Waals surface area (Å²) in [6, 6.07) is 13.9. The lowest BCUT2D eigenvalue weighted by atomic mass is 9.96. The number of oxazole rings is 1. The Kier molecular flexibility index (Phi) is 4.71. The second-order valence-electron chi connectivity index (χ2n) is 7.43. The van der Waals surface area contributed by atoms with Gasteiger partial charge in [-0.3, -0.25) is 4.79 Å². The third kappa shape index (κ3) is 3.72. The molecule has 0 spiro atoms. The highest BCUT2D eigenvalue weighted by Gasteiger charge is 2.27. The summed E-state index contributed by atoms with van der Waals surface area (Å²) in [7, 11) is 0. The summed E-state index contributed by atoms with van der Waals surface area (Å²) >= 11 is 0. The Labute approximate surface area is 168 Å². The van der Waals surface area contributed by atoms with Crippen LogP contribution in [0, 0.1) is 5.92 Å². The number of carbonyl (C=O) groups excluding carboxylic acids is 1. The van der Waals surface area contributed by atoms with Crippen LogP contribution in [0.15, 0.2) is 46.9 Å². The van der Waals surface area contributed by atoms with Gasteiger partial charge in [-0.05, 0) is 37.1 Å². The lowest BCUT2D eigenvalue weighted by molar-refractivity contribution is -0.120. The highest BCUT2D eigenvalue weighted by molar-refractivity contribution is 5.93. The number of nitrogens with one attached hydrogen (secondary N) is 1. The number of aromatic nitrogens is 1. The molecule has 2 aliphatic heterocycles. The maximum atomic E-state index is 12.7. The standard InChI is InChI=1S/C22H23N3O4/c26-21(23-16-6-7-19-20(14-16)28-13-3-12-27-19)15-8-10-25(11-9-15)22-24-17-4-1-2-5-18(17)29-22/h1-2,4-7,14-15H,3,8-13H2,(H,23,26). The van der Waals surface area contributed by atoms with E-state index in [0.717, 1.165) is 54.9 Å². The molecule has 3 heterocycles. The lowest BCUT2D eigenvalue weighted by Gasteiger charge is -2.30. The Hall–Kier alpha value is -3.22. The Bertz CT molecular complexity index is 991. The van der Waals surface area contributed by atoms with Crippen molar-refractivity contribution in [1.82, 2.24) is 4.98 Å². The molecule has 1 saturated heterocycles. The minimum absolute atomic E-state index is 0.0355. The van der Waals surface area contributed by atoms with Crippen LogP contribution in [-0.4, -0.2) is 37.2 Å². The van der Waals surface area contributed by atoms with Crippen LogP contribution < -0.4 is 19.7 Å². The smallest absolute Gasteiger partial charge is 0.298 e. The molecule has 150 valence electrons. The summed E-state index contributed by atoms with van der Waals surface area (Å²) in [6.07, 6.45) is 2.37. The quantitative estimate of drug-likeness (QED) is 0.729. The Balaban J connectivity index is 1.20. The van der Waals surface area contributed by atoms with Gasteiger partial charge in [-0.1, -0.05) is 12.1 Å². The molecule has 0 unspecified atom stereocenters. The van der Waals surface area contributed by atoms with Crippen molar-refractivity contribution in [3.63, 3.8) is 0 Å². The average molecular weight is 393 g/mol. The van der Waals surface area contributed by atoms with Crippen LogP contribution in [0.3, 0.4) is 0 Å². The molecule has 29 heavy (non-hydrogen) atoms. The van der Waals surface area contributed by atoms with E-state index in [1.165, 1.54) is 0 Å². The van der Waals surface area contributed by atoms with Gasteiger partial charge in [0.25, 0.3) is 6.01 Å². The molecular weight excluding hydrogens is 370 g/mol. The fourth-order valence-electron chi connectivity index (χ4n) is 3.81.